The van der Waals surface area contributed by atoms with Gasteiger partial charge in [-0.15, -0.1) is 0 Å². The fraction of sp³-hybridized carbons (Fsp3) is 0.321. The van der Waals surface area contributed by atoms with Gasteiger partial charge >= 0.3 is 0 Å². The summed E-state index contributed by atoms with van der Waals surface area (Å²) >= 11 is 0. The molecule has 0 aliphatic carbocycles. The highest BCUT2D eigenvalue weighted by Crippen LogP contribution is 2.31. The quantitative estimate of drug-likeness (QED) is 0.307. The van der Waals surface area contributed by atoms with Crippen LogP contribution in [0.4, 0.5) is 0 Å². The van der Waals surface area contributed by atoms with Crippen molar-refractivity contribution in [2.45, 2.75) is 38.6 Å². The minimum Gasteiger partial charge on any atom is -0.347 e. The summed E-state index contributed by atoms with van der Waals surface area (Å²) in [5.41, 5.74) is 4.59. The lowest BCUT2D eigenvalue weighted by Crippen LogP contribution is -2.27. The Hall–Kier alpha value is -3.11. The third-order valence-electron chi connectivity index (χ3n) is 7.14. The van der Waals surface area contributed by atoms with Crippen LogP contribution in [0.3, 0.4) is 0 Å². The SMILES string of the molecule is c1ccc2cc3[nH]c(-c4cccc5c4ccn5CCCCC4CCNCC4)nc3cc2c1. The van der Waals surface area contributed by atoms with Gasteiger partial charge in [0.1, 0.15) is 5.82 Å². The number of rotatable bonds is 6. The molecule has 5 aromatic rings. The van der Waals surface area contributed by atoms with Crippen molar-refractivity contribution in [3.8, 4) is 11.4 Å². The summed E-state index contributed by atoms with van der Waals surface area (Å²) in [6, 6.07) is 21.7. The van der Waals surface area contributed by atoms with Crippen molar-refractivity contribution in [2.75, 3.05) is 13.1 Å². The van der Waals surface area contributed by atoms with Gasteiger partial charge in [0.05, 0.1) is 11.0 Å². The number of fused-ring (bicyclic) bond motifs is 3. The first-order valence-corrected chi connectivity index (χ1v) is 12.0. The lowest BCUT2D eigenvalue weighted by molar-refractivity contribution is 0.341. The topological polar surface area (TPSA) is 45.6 Å². The molecular formula is C28H30N4. The fourth-order valence-corrected chi connectivity index (χ4v) is 5.33. The minimum absolute atomic E-state index is 0.925. The molecule has 2 aromatic heterocycles. The molecule has 0 unspecified atom stereocenters. The number of aromatic amines is 1. The third-order valence-corrected chi connectivity index (χ3v) is 7.14. The summed E-state index contributed by atoms with van der Waals surface area (Å²) in [6.45, 7) is 3.49. The summed E-state index contributed by atoms with van der Waals surface area (Å²) in [4.78, 5) is 8.52. The molecule has 1 fully saturated rings. The standard InChI is InChI=1S/C28H30N4/c1-2-8-22-19-26-25(18-21(22)7-1)30-28(31-26)24-9-5-10-27-23(24)13-17-32(27)16-4-3-6-20-11-14-29-15-12-20/h1-2,5,7-10,13,17-20,29H,3-4,6,11-12,14-16H2,(H,30,31). The van der Waals surface area contributed by atoms with Crippen molar-refractivity contribution in [2.24, 2.45) is 5.92 Å². The summed E-state index contributed by atoms with van der Waals surface area (Å²) < 4.78 is 2.41. The molecule has 32 heavy (non-hydrogen) atoms. The van der Waals surface area contributed by atoms with Gasteiger partial charge in [0.25, 0.3) is 0 Å². The van der Waals surface area contributed by atoms with Gasteiger partial charge in [0.15, 0.2) is 0 Å². The Morgan fingerprint density at radius 2 is 1.75 bits per heavy atom. The minimum atomic E-state index is 0.925. The van der Waals surface area contributed by atoms with Crippen LogP contribution in [0.5, 0.6) is 0 Å². The maximum Gasteiger partial charge on any atom is 0.139 e. The van der Waals surface area contributed by atoms with Crippen molar-refractivity contribution in [1.82, 2.24) is 19.9 Å². The van der Waals surface area contributed by atoms with Gasteiger partial charge in [-0.3, -0.25) is 0 Å². The smallest absolute Gasteiger partial charge is 0.139 e. The van der Waals surface area contributed by atoms with Crippen molar-refractivity contribution < 1.29 is 0 Å². The van der Waals surface area contributed by atoms with Crippen LogP contribution < -0.4 is 5.32 Å². The average Bonchev–Trinajstić information content (AvgIpc) is 3.44. The van der Waals surface area contributed by atoms with Gasteiger partial charge in [-0.2, -0.15) is 0 Å². The number of nitrogens with one attached hydrogen (secondary N) is 2. The second-order valence-electron chi connectivity index (χ2n) is 9.24. The summed E-state index contributed by atoms with van der Waals surface area (Å²) in [7, 11) is 0. The molecule has 0 spiro atoms. The number of imidazole rings is 1. The van der Waals surface area contributed by atoms with E-state index in [-0.39, 0.29) is 0 Å². The lowest BCUT2D eigenvalue weighted by atomic mass is 9.92. The third kappa shape index (κ3) is 3.69. The van der Waals surface area contributed by atoms with Crippen LogP contribution in [0.1, 0.15) is 32.1 Å². The molecule has 0 saturated carbocycles. The molecule has 1 aliphatic rings. The number of aromatic nitrogens is 3. The van der Waals surface area contributed by atoms with E-state index in [1.165, 1.54) is 72.4 Å². The summed E-state index contributed by atoms with van der Waals surface area (Å²) in [5, 5.41) is 7.21. The Morgan fingerprint density at radius 1 is 0.906 bits per heavy atom. The molecule has 0 amide bonds. The van der Waals surface area contributed by atoms with Crippen LogP contribution in [-0.4, -0.2) is 27.6 Å². The van der Waals surface area contributed by atoms with E-state index < -0.39 is 0 Å². The molecule has 6 rings (SSSR count). The summed E-state index contributed by atoms with van der Waals surface area (Å²) in [5.74, 6) is 1.87. The van der Waals surface area contributed by atoms with E-state index in [1.807, 2.05) is 0 Å². The van der Waals surface area contributed by atoms with Crippen LogP contribution in [0.15, 0.2) is 66.9 Å². The first kappa shape index (κ1) is 19.6. The second kappa shape index (κ2) is 8.44. The van der Waals surface area contributed by atoms with Crippen molar-refractivity contribution in [1.29, 1.82) is 0 Å². The van der Waals surface area contributed by atoms with Crippen LogP contribution in [-0.2, 0) is 6.54 Å². The largest absolute Gasteiger partial charge is 0.347 e. The monoisotopic (exact) mass is 422 g/mol. The summed E-state index contributed by atoms with van der Waals surface area (Å²) in [6.07, 6.45) is 8.89. The van der Waals surface area contributed by atoms with E-state index in [4.69, 9.17) is 4.98 Å². The van der Waals surface area contributed by atoms with E-state index in [1.54, 1.807) is 0 Å². The van der Waals surface area contributed by atoms with E-state index in [0.717, 1.165) is 29.3 Å². The molecule has 4 nitrogen and oxygen atoms in total. The van der Waals surface area contributed by atoms with Gasteiger partial charge < -0.3 is 14.9 Å². The number of aryl methyl sites for hydroxylation is 1. The van der Waals surface area contributed by atoms with Crippen LogP contribution >= 0.6 is 0 Å². The highest BCUT2D eigenvalue weighted by atomic mass is 15.0. The molecule has 2 N–H and O–H groups in total. The molecule has 4 heteroatoms. The number of hydrogen-bond donors (Lipinski definition) is 2. The van der Waals surface area contributed by atoms with Gasteiger partial charge in [0.2, 0.25) is 0 Å². The zero-order chi connectivity index (χ0) is 21.3. The molecule has 3 heterocycles. The molecule has 162 valence electrons. The number of piperidine rings is 1. The van der Waals surface area contributed by atoms with Crippen LogP contribution in [0.25, 0.3) is 44.1 Å². The van der Waals surface area contributed by atoms with Crippen LogP contribution in [0, 0.1) is 5.92 Å². The van der Waals surface area contributed by atoms with Gasteiger partial charge in [-0.05, 0) is 73.3 Å². The van der Waals surface area contributed by atoms with Gasteiger partial charge in [-0.1, -0.05) is 49.2 Å². The van der Waals surface area contributed by atoms with E-state index in [9.17, 15) is 0 Å². The first-order valence-electron chi connectivity index (χ1n) is 12.0. The predicted molar refractivity (Wildman–Crippen MR) is 134 cm³/mol. The Bertz CT molecular complexity index is 1320. The predicted octanol–water partition coefficient (Wildman–Crippen LogP) is 6.51. The average molecular weight is 423 g/mol. The lowest BCUT2D eigenvalue weighted by Gasteiger charge is -2.22. The number of nitrogens with zero attached hydrogens (tertiary/aromatic N) is 2. The normalized spacial score (nSPS) is 15.2. The zero-order valence-corrected chi connectivity index (χ0v) is 18.5. The number of H-pyrrole nitrogens is 1. The number of benzene rings is 3. The van der Waals surface area contributed by atoms with E-state index >= 15 is 0 Å². The highest BCUT2D eigenvalue weighted by molar-refractivity contribution is 5.99. The maximum absolute atomic E-state index is 4.95. The molecule has 1 aliphatic heterocycles. The molecule has 0 atom stereocenters. The number of unbranched alkanes of at least 4 members (excludes halogenated alkanes) is 1. The fourth-order valence-electron chi connectivity index (χ4n) is 5.33. The Balaban J connectivity index is 1.24. The zero-order valence-electron chi connectivity index (χ0n) is 18.5. The molecule has 0 bridgehead atoms. The Labute approximate surface area is 188 Å². The molecule has 0 radical (unpaired) electrons. The van der Waals surface area contributed by atoms with E-state index in [2.05, 4.69) is 81.7 Å². The van der Waals surface area contributed by atoms with Gasteiger partial charge in [0, 0.05) is 29.2 Å². The van der Waals surface area contributed by atoms with Crippen molar-refractivity contribution in [3.05, 3.63) is 66.9 Å². The molecule has 1 saturated heterocycles. The Kier molecular flexibility index (Phi) is 5.16. The van der Waals surface area contributed by atoms with E-state index in [0.29, 0.717) is 0 Å². The van der Waals surface area contributed by atoms with Gasteiger partial charge in [-0.25, -0.2) is 4.98 Å². The highest BCUT2D eigenvalue weighted by Gasteiger charge is 2.14. The second-order valence-corrected chi connectivity index (χ2v) is 9.24. The van der Waals surface area contributed by atoms with Crippen LogP contribution in [0.2, 0.25) is 0 Å². The first-order chi connectivity index (χ1) is 15.8. The molecule has 3 aromatic carbocycles. The maximum atomic E-state index is 4.95. The number of hydrogen-bond acceptors (Lipinski definition) is 2. The van der Waals surface area contributed by atoms with Crippen molar-refractivity contribution in [3.63, 3.8) is 0 Å². The molecular weight excluding hydrogens is 392 g/mol. The van der Waals surface area contributed by atoms with Crippen molar-refractivity contribution >= 4 is 32.7 Å². The Morgan fingerprint density at radius 3 is 2.62 bits per heavy atom.